The van der Waals surface area contributed by atoms with E-state index in [2.05, 4.69) is 20.3 Å². The van der Waals surface area contributed by atoms with E-state index in [1.807, 2.05) is 12.1 Å². The van der Waals surface area contributed by atoms with Crippen LogP contribution in [0.2, 0.25) is 0 Å². The molecule has 12 heteroatoms. The zero-order chi connectivity index (χ0) is 23.3. The summed E-state index contributed by atoms with van der Waals surface area (Å²) in [6.07, 6.45) is -0.281. The highest BCUT2D eigenvalue weighted by molar-refractivity contribution is 6.06. The number of hydrogen-bond donors (Lipinski definition) is 2. The van der Waals surface area contributed by atoms with Gasteiger partial charge in [0.25, 0.3) is 18.0 Å². The fourth-order valence-electron chi connectivity index (χ4n) is 2.68. The number of imidazole rings is 1. The average Bonchev–Trinajstić information content (AvgIpc) is 3.14. The number of benzene rings is 1. The number of H-pyrrole nitrogens is 2. The Hall–Kier alpha value is -4.35. The van der Waals surface area contributed by atoms with Crippen LogP contribution in [0.1, 0.15) is 10.5 Å². The van der Waals surface area contributed by atoms with E-state index in [9.17, 15) is 22.4 Å². The summed E-state index contributed by atoms with van der Waals surface area (Å²) in [7, 11) is 0. The largest absolute Gasteiger partial charge is 0.542 e. The number of nitrogens with one attached hydrogen (secondary N) is 3. The van der Waals surface area contributed by atoms with Gasteiger partial charge in [0.15, 0.2) is 5.52 Å². The highest BCUT2D eigenvalue weighted by Gasteiger charge is 2.29. The lowest BCUT2D eigenvalue weighted by atomic mass is 10.2. The predicted octanol–water partition coefficient (Wildman–Crippen LogP) is 1.32. The highest BCUT2D eigenvalue weighted by atomic mass is 19.4. The van der Waals surface area contributed by atoms with Crippen LogP contribution in [0.3, 0.4) is 0 Å². The van der Waals surface area contributed by atoms with Crippen molar-refractivity contribution in [2.45, 2.75) is 6.18 Å². The fraction of sp³-hybridized carbons (Fsp3) is 0.0500. The number of anilines is 1. The summed E-state index contributed by atoms with van der Waals surface area (Å²) in [5.74, 6) is -2.82. The number of rotatable bonds is 3. The number of halogens is 4. The molecule has 164 valence electrons. The molecule has 0 aliphatic heterocycles. The quantitative estimate of drug-likeness (QED) is 0.363. The summed E-state index contributed by atoms with van der Waals surface area (Å²) < 4.78 is 47.5. The summed E-state index contributed by atoms with van der Waals surface area (Å²) in [5, 5.41) is 11.5. The van der Waals surface area contributed by atoms with Crippen molar-refractivity contribution in [2.24, 2.45) is 0 Å². The standard InChI is InChI=1S/C18H12FN5O.C2HF3O2/c19-13-6-2-1-5-12(13)17-23-16(14-7-3-4-10-24(14)17)18(25)22-15-8-9-20-11-21-15;3-2(4,5)1(6)7/h1-11H,(H,20,21,22,25);(H,6,7)/p+1. The summed E-state index contributed by atoms with van der Waals surface area (Å²) in [6, 6.07) is 13.5. The van der Waals surface area contributed by atoms with Crippen LogP contribution in [0, 0.1) is 5.82 Å². The molecule has 32 heavy (non-hydrogen) atoms. The van der Waals surface area contributed by atoms with Gasteiger partial charge in [-0.1, -0.05) is 18.2 Å². The van der Waals surface area contributed by atoms with Crippen molar-refractivity contribution in [1.29, 1.82) is 0 Å². The van der Waals surface area contributed by atoms with Gasteiger partial charge < -0.3 is 9.90 Å². The zero-order valence-electron chi connectivity index (χ0n) is 16.0. The van der Waals surface area contributed by atoms with Gasteiger partial charge in [-0.25, -0.2) is 9.37 Å². The molecule has 0 aliphatic rings. The zero-order valence-corrected chi connectivity index (χ0v) is 16.0. The first-order valence-electron chi connectivity index (χ1n) is 8.87. The Balaban J connectivity index is 0.000000360. The fourth-order valence-corrected chi connectivity index (χ4v) is 2.68. The molecule has 3 N–H and O–H groups in total. The monoisotopic (exact) mass is 448 g/mol. The molecular formula is C20H14F4N5O3+. The maximum Gasteiger partial charge on any atom is 0.430 e. The van der Waals surface area contributed by atoms with Crippen LogP contribution in [0.4, 0.5) is 23.4 Å². The van der Waals surface area contributed by atoms with Crippen LogP contribution < -0.4 is 19.8 Å². The van der Waals surface area contributed by atoms with E-state index in [0.717, 1.165) is 0 Å². The number of aromatic amines is 2. The molecule has 0 saturated carbocycles. The molecular weight excluding hydrogens is 434 g/mol. The van der Waals surface area contributed by atoms with E-state index < -0.39 is 12.1 Å². The topological polar surface area (TPSA) is 116 Å². The van der Waals surface area contributed by atoms with Crippen LogP contribution in [-0.2, 0) is 4.79 Å². The number of nitrogens with zero attached hydrogens (tertiary/aromatic N) is 2. The molecule has 4 aromatic rings. The first-order valence-corrected chi connectivity index (χ1v) is 8.87. The molecule has 1 amide bonds. The number of pyridine rings is 1. The Labute approximate surface area is 177 Å². The second-order valence-electron chi connectivity index (χ2n) is 6.17. The van der Waals surface area contributed by atoms with Crippen molar-refractivity contribution < 1.29 is 41.6 Å². The minimum absolute atomic E-state index is 0.327. The average molecular weight is 448 g/mol. The van der Waals surface area contributed by atoms with E-state index >= 15 is 0 Å². The number of carbonyl (C=O) groups is 2. The number of amides is 1. The number of alkyl halides is 3. The molecule has 0 spiro atoms. The van der Waals surface area contributed by atoms with Crippen LogP contribution in [0.15, 0.2) is 67.3 Å². The number of carbonyl (C=O) groups excluding carboxylic acids is 2. The van der Waals surface area contributed by atoms with Gasteiger partial charge in [0.1, 0.15) is 17.3 Å². The number of carboxylic acids is 1. The van der Waals surface area contributed by atoms with Crippen molar-refractivity contribution >= 4 is 23.2 Å². The van der Waals surface area contributed by atoms with Crippen molar-refractivity contribution in [1.82, 2.24) is 9.97 Å². The lowest BCUT2D eigenvalue weighted by molar-refractivity contribution is -0.498. The smallest absolute Gasteiger partial charge is 0.430 e. The first-order chi connectivity index (χ1) is 15.2. The minimum Gasteiger partial charge on any atom is -0.542 e. The molecule has 1 aromatic carbocycles. The van der Waals surface area contributed by atoms with E-state index in [-0.39, 0.29) is 11.7 Å². The van der Waals surface area contributed by atoms with E-state index in [1.165, 1.54) is 12.4 Å². The lowest BCUT2D eigenvalue weighted by Gasteiger charge is -2.03. The number of aliphatic carboxylic acids is 1. The maximum absolute atomic E-state index is 14.2. The molecule has 0 atom stereocenters. The number of fused-ring (bicyclic) bond motifs is 1. The summed E-state index contributed by atoms with van der Waals surface area (Å²) >= 11 is 0. The Morgan fingerprint density at radius 1 is 1.09 bits per heavy atom. The van der Waals surface area contributed by atoms with Crippen molar-refractivity contribution in [3.63, 3.8) is 0 Å². The molecule has 3 aromatic heterocycles. The SMILES string of the molecule is O=C(Nc1cc[nH+]cn1)c1[nH]c(-c2ccccc2F)[n+]2ccccc12.O=C([O-])C(F)(F)F. The summed E-state index contributed by atoms with van der Waals surface area (Å²) in [5.41, 5.74) is 1.35. The van der Waals surface area contributed by atoms with Gasteiger partial charge in [-0.3, -0.25) is 15.1 Å². The van der Waals surface area contributed by atoms with Gasteiger partial charge in [0, 0.05) is 6.07 Å². The normalized spacial score (nSPS) is 10.9. The molecule has 0 fully saturated rings. The molecule has 4 rings (SSSR count). The Kier molecular flexibility index (Phi) is 6.42. The number of carboxylic acid groups (broad SMARTS) is 1. The summed E-state index contributed by atoms with van der Waals surface area (Å²) in [6.45, 7) is 0. The lowest BCUT2D eigenvalue weighted by Crippen LogP contribution is -2.37. The second-order valence-corrected chi connectivity index (χ2v) is 6.17. The first kappa shape index (κ1) is 22.3. The van der Waals surface area contributed by atoms with Gasteiger partial charge in [-0.2, -0.15) is 17.6 Å². The van der Waals surface area contributed by atoms with Gasteiger partial charge in [0.2, 0.25) is 5.69 Å². The van der Waals surface area contributed by atoms with E-state index in [1.54, 1.807) is 47.1 Å². The third-order valence-electron chi connectivity index (χ3n) is 4.05. The highest BCUT2D eigenvalue weighted by Crippen LogP contribution is 2.21. The van der Waals surface area contributed by atoms with E-state index in [4.69, 9.17) is 9.90 Å². The van der Waals surface area contributed by atoms with Crippen LogP contribution in [-0.4, -0.2) is 28.0 Å². The van der Waals surface area contributed by atoms with Crippen molar-refractivity contribution in [2.75, 3.05) is 5.32 Å². The van der Waals surface area contributed by atoms with E-state index in [0.29, 0.717) is 28.4 Å². The molecule has 0 aliphatic carbocycles. The molecule has 0 saturated heterocycles. The summed E-state index contributed by atoms with van der Waals surface area (Å²) in [4.78, 5) is 31.3. The number of aromatic nitrogens is 4. The van der Waals surface area contributed by atoms with Crippen molar-refractivity contribution in [3.8, 4) is 11.4 Å². The van der Waals surface area contributed by atoms with Crippen LogP contribution >= 0.6 is 0 Å². The molecule has 0 radical (unpaired) electrons. The predicted molar refractivity (Wildman–Crippen MR) is 99.2 cm³/mol. The van der Waals surface area contributed by atoms with Crippen molar-refractivity contribution in [3.05, 3.63) is 78.8 Å². The maximum atomic E-state index is 14.2. The molecule has 0 bridgehead atoms. The Morgan fingerprint density at radius 2 is 1.78 bits per heavy atom. The third-order valence-corrected chi connectivity index (χ3v) is 4.05. The van der Waals surface area contributed by atoms with Gasteiger partial charge in [0.05, 0.1) is 12.4 Å². The Morgan fingerprint density at radius 3 is 2.41 bits per heavy atom. The van der Waals surface area contributed by atoms with Crippen LogP contribution in [0.25, 0.3) is 16.9 Å². The molecule has 8 nitrogen and oxygen atoms in total. The molecule has 0 unspecified atom stereocenters. The van der Waals surface area contributed by atoms with Crippen LogP contribution in [0.5, 0.6) is 0 Å². The second kappa shape index (κ2) is 9.20. The van der Waals surface area contributed by atoms with Gasteiger partial charge in [-0.15, -0.1) is 0 Å². The molecule has 3 heterocycles. The van der Waals surface area contributed by atoms with Gasteiger partial charge >= 0.3 is 12.1 Å². The van der Waals surface area contributed by atoms with Gasteiger partial charge in [-0.05, 0) is 29.2 Å². The Bertz CT molecular complexity index is 1260. The minimum atomic E-state index is -5.19. The third kappa shape index (κ3) is 5.03. The number of hydrogen-bond acceptors (Lipinski definition) is 4.